The van der Waals surface area contributed by atoms with Crippen LogP contribution in [-0.2, 0) is 6.42 Å². The Balaban J connectivity index is 1.51. The second-order valence-corrected chi connectivity index (χ2v) is 8.52. The van der Waals surface area contributed by atoms with Gasteiger partial charge in [0.2, 0.25) is 4.96 Å². The molecule has 0 aliphatic rings. The van der Waals surface area contributed by atoms with Gasteiger partial charge in [0.15, 0.2) is 16.7 Å². The van der Waals surface area contributed by atoms with Crippen LogP contribution in [0.2, 0.25) is 0 Å². The summed E-state index contributed by atoms with van der Waals surface area (Å²) in [7, 11) is 1.32. The number of thiocarbonyl (C=S) groups is 1. The Bertz CT molecular complexity index is 1430. The number of hydrogen-bond donors (Lipinski definition) is 2. The van der Waals surface area contributed by atoms with Crippen LogP contribution in [0.5, 0.6) is 5.75 Å². The number of benzene rings is 2. The number of hydrogen-bond acceptors (Lipinski definition) is 9. The van der Waals surface area contributed by atoms with Gasteiger partial charge >= 0.3 is 5.69 Å². The van der Waals surface area contributed by atoms with Crippen molar-refractivity contribution in [3.63, 3.8) is 0 Å². The van der Waals surface area contributed by atoms with Crippen LogP contribution < -0.4 is 15.4 Å². The quantitative estimate of drug-likeness (QED) is 0.232. The number of ether oxygens (including phenoxy) is 1. The van der Waals surface area contributed by atoms with Crippen molar-refractivity contribution in [2.75, 3.05) is 12.4 Å². The summed E-state index contributed by atoms with van der Waals surface area (Å²) in [5.74, 6) is 0.259. The van der Waals surface area contributed by atoms with Gasteiger partial charge < -0.3 is 10.1 Å². The highest BCUT2D eigenvalue weighted by Crippen LogP contribution is 2.30. The van der Waals surface area contributed by atoms with E-state index in [1.165, 1.54) is 30.6 Å². The molecule has 0 saturated heterocycles. The Hall–Kier alpha value is -3.97. The van der Waals surface area contributed by atoms with Crippen molar-refractivity contribution in [2.45, 2.75) is 20.3 Å². The number of aromatic nitrogens is 4. The van der Waals surface area contributed by atoms with Gasteiger partial charge in [0.25, 0.3) is 5.91 Å². The van der Waals surface area contributed by atoms with Gasteiger partial charge in [0, 0.05) is 29.3 Å². The molecule has 34 heavy (non-hydrogen) atoms. The topological polar surface area (TPSA) is 137 Å². The number of rotatable bonds is 6. The highest BCUT2D eigenvalue weighted by Gasteiger charge is 2.19. The Labute approximate surface area is 202 Å². The molecule has 174 valence electrons. The average Bonchev–Trinajstić information content (AvgIpc) is 3.40. The highest BCUT2D eigenvalue weighted by atomic mass is 32.1. The van der Waals surface area contributed by atoms with Crippen LogP contribution in [0.25, 0.3) is 15.5 Å². The normalized spacial score (nSPS) is 10.8. The molecule has 13 heteroatoms. The zero-order chi connectivity index (χ0) is 24.4. The maximum absolute atomic E-state index is 12.6. The molecule has 2 aromatic carbocycles. The van der Waals surface area contributed by atoms with Gasteiger partial charge in [-0.3, -0.25) is 20.2 Å². The molecule has 0 radical (unpaired) electrons. The van der Waals surface area contributed by atoms with Gasteiger partial charge in [-0.25, -0.2) is 0 Å². The summed E-state index contributed by atoms with van der Waals surface area (Å²) in [6.45, 7) is 3.89. The van der Waals surface area contributed by atoms with E-state index in [-0.39, 0.29) is 22.1 Å². The molecule has 0 fully saturated rings. The first-order valence-electron chi connectivity index (χ1n) is 10.1. The van der Waals surface area contributed by atoms with E-state index in [1.54, 1.807) is 4.52 Å². The molecule has 2 N–H and O–H groups in total. The van der Waals surface area contributed by atoms with Crippen LogP contribution >= 0.6 is 23.6 Å². The first kappa shape index (κ1) is 23.2. The highest BCUT2D eigenvalue weighted by molar-refractivity contribution is 7.80. The molecule has 11 nitrogen and oxygen atoms in total. The molecule has 2 heterocycles. The first-order chi connectivity index (χ1) is 16.3. The van der Waals surface area contributed by atoms with E-state index in [1.807, 2.05) is 32.0 Å². The summed E-state index contributed by atoms with van der Waals surface area (Å²) in [6, 6.07) is 9.66. The van der Waals surface area contributed by atoms with E-state index in [4.69, 9.17) is 17.0 Å². The summed E-state index contributed by atoms with van der Waals surface area (Å²) >= 11 is 6.72. The number of fused-ring (bicyclic) bond motifs is 1. The van der Waals surface area contributed by atoms with Crippen molar-refractivity contribution in [1.82, 2.24) is 25.1 Å². The molecule has 4 rings (SSSR count). The van der Waals surface area contributed by atoms with Crippen LogP contribution in [-0.4, -0.2) is 42.9 Å². The maximum atomic E-state index is 12.6. The molecule has 0 saturated carbocycles. The Morgan fingerprint density at radius 1 is 1.26 bits per heavy atom. The number of amides is 1. The predicted molar refractivity (Wildman–Crippen MR) is 132 cm³/mol. The number of nitrogens with zero attached hydrogens (tertiary/aromatic N) is 5. The van der Waals surface area contributed by atoms with Crippen molar-refractivity contribution >= 4 is 50.9 Å². The number of methoxy groups -OCH3 is 1. The third-order valence-corrected chi connectivity index (χ3v) is 6.12. The lowest BCUT2D eigenvalue weighted by molar-refractivity contribution is -0.385. The molecule has 4 aromatic rings. The maximum Gasteiger partial charge on any atom is 0.311 e. The fourth-order valence-electron chi connectivity index (χ4n) is 3.19. The lowest BCUT2D eigenvalue weighted by Crippen LogP contribution is -2.34. The molecule has 0 unspecified atom stereocenters. The van der Waals surface area contributed by atoms with Gasteiger partial charge in [0.05, 0.1) is 12.0 Å². The van der Waals surface area contributed by atoms with E-state index >= 15 is 0 Å². The van der Waals surface area contributed by atoms with Crippen molar-refractivity contribution in [3.05, 3.63) is 63.5 Å². The largest absolute Gasteiger partial charge is 0.490 e. The van der Waals surface area contributed by atoms with Gasteiger partial charge in [-0.2, -0.15) is 9.61 Å². The van der Waals surface area contributed by atoms with Gasteiger partial charge in [-0.05, 0) is 42.9 Å². The van der Waals surface area contributed by atoms with Crippen molar-refractivity contribution in [2.24, 2.45) is 0 Å². The van der Waals surface area contributed by atoms with E-state index < -0.39 is 10.8 Å². The molecular weight excluding hydrogens is 478 g/mol. The van der Waals surface area contributed by atoms with Gasteiger partial charge in [0.1, 0.15) is 5.01 Å². The van der Waals surface area contributed by atoms with E-state index in [9.17, 15) is 14.9 Å². The van der Waals surface area contributed by atoms with Crippen LogP contribution in [0.15, 0.2) is 36.4 Å². The Morgan fingerprint density at radius 3 is 2.76 bits per heavy atom. The number of aryl methyl sites for hydroxylation is 2. The number of carbonyl (C=O) groups excluding carboxylic acids is 1. The summed E-state index contributed by atoms with van der Waals surface area (Å²) in [4.78, 5) is 23.9. The standard InChI is InChI=1S/C21H19N7O4S2/c1-4-17-24-25-21-27(17)26-19(34-21)13-6-5-11(2)14(9-13)22-20(33)23-18(29)12-7-8-16(32-3)15(10-12)28(30)31/h5-10H,4H2,1-3H3,(H2,22,23,29,33). The Kier molecular flexibility index (Phi) is 6.47. The molecule has 0 spiro atoms. The lowest BCUT2D eigenvalue weighted by atomic mass is 10.1. The molecule has 0 bridgehead atoms. The lowest BCUT2D eigenvalue weighted by Gasteiger charge is -2.13. The third-order valence-electron chi connectivity index (χ3n) is 4.97. The molecule has 2 aromatic heterocycles. The minimum absolute atomic E-state index is 0.0510. The van der Waals surface area contributed by atoms with Crippen LogP contribution in [0.3, 0.4) is 0 Å². The molecule has 1 amide bonds. The Morgan fingerprint density at radius 2 is 2.06 bits per heavy atom. The minimum atomic E-state index is -0.615. The predicted octanol–water partition coefficient (Wildman–Crippen LogP) is 3.77. The summed E-state index contributed by atoms with van der Waals surface area (Å²) in [5.41, 5.74) is 2.20. The second-order valence-electron chi connectivity index (χ2n) is 7.15. The van der Waals surface area contributed by atoms with Crippen molar-refractivity contribution in [3.8, 4) is 16.3 Å². The number of anilines is 1. The fraction of sp³-hybridized carbons (Fsp3) is 0.190. The third kappa shape index (κ3) is 4.56. The van der Waals surface area contributed by atoms with Crippen molar-refractivity contribution in [1.29, 1.82) is 0 Å². The summed E-state index contributed by atoms with van der Waals surface area (Å²) in [5, 5.41) is 30.5. The fourth-order valence-corrected chi connectivity index (χ4v) is 4.24. The number of carbonyl (C=O) groups is 1. The molecule has 0 atom stereocenters. The van der Waals surface area contributed by atoms with E-state index in [0.717, 1.165) is 34.4 Å². The molecule has 0 aliphatic heterocycles. The van der Waals surface area contributed by atoms with Crippen LogP contribution in [0, 0.1) is 17.0 Å². The first-order valence-corrected chi connectivity index (χ1v) is 11.3. The zero-order valence-electron chi connectivity index (χ0n) is 18.4. The second kappa shape index (κ2) is 9.49. The monoisotopic (exact) mass is 497 g/mol. The number of nitrogens with one attached hydrogen (secondary N) is 2. The minimum Gasteiger partial charge on any atom is -0.490 e. The van der Waals surface area contributed by atoms with Gasteiger partial charge in [-0.15, -0.1) is 10.2 Å². The van der Waals surface area contributed by atoms with Crippen LogP contribution in [0.1, 0.15) is 28.7 Å². The van der Waals surface area contributed by atoms with E-state index in [2.05, 4.69) is 25.9 Å². The van der Waals surface area contributed by atoms with E-state index in [0.29, 0.717) is 10.6 Å². The summed E-state index contributed by atoms with van der Waals surface area (Å²) < 4.78 is 6.69. The van der Waals surface area contributed by atoms with Crippen molar-refractivity contribution < 1.29 is 14.5 Å². The van der Waals surface area contributed by atoms with Crippen LogP contribution in [0.4, 0.5) is 11.4 Å². The molecule has 0 aliphatic carbocycles. The zero-order valence-corrected chi connectivity index (χ0v) is 20.0. The van der Waals surface area contributed by atoms with Gasteiger partial charge in [-0.1, -0.05) is 30.4 Å². The molecular formula is C21H19N7O4S2. The smallest absolute Gasteiger partial charge is 0.311 e. The number of nitro groups is 1. The SMILES string of the molecule is CCc1nnc2sc(-c3ccc(C)c(NC(=S)NC(=O)c4ccc(OC)c([N+](=O)[O-])c4)c3)nn12. The summed E-state index contributed by atoms with van der Waals surface area (Å²) in [6.07, 6.45) is 0.719. The average molecular weight is 498 g/mol. The number of nitro benzene ring substituents is 1.